The van der Waals surface area contributed by atoms with Gasteiger partial charge in [-0.15, -0.1) is 11.3 Å². The number of amides is 2. The predicted molar refractivity (Wildman–Crippen MR) is 95.1 cm³/mol. The number of piperazine rings is 1. The van der Waals surface area contributed by atoms with Gasteiger partial charge in [0.2, 0.25) is 11.8 Å². The highest BCUT2D eigenvalue weighted by molar-refractivity contribution is 7.09. The van der Waals surface area contributed by atoms with Gasteiger partial charge in [0.25, 0.3) is 0 Å². The van der Waals surface area contributed by atoms with E-state index in [0.29, 0.717) is 31.1 Å². The Labute approximate surface area is 151 Å². The largest absolute Gasteiger partial charge is 0.353 e. The van der Waals surface area contributed by atoms with Crippen LogP contribution in [-0.4, -0.2) is 71.9 Å². The third kappa shape index (κ3) is 3.70. The lowest BCUT2D eigenvalue weighted by Crippen LogP contribution is -2.52. The molecule has 2 aliphatic heterocycles. The number of carbonyl (C=O) groups excluding carboxylic acids is 2. The Morgan fingerprint density at radius 1 is 1.40 bits per heavy atom. The molecule has 1 unspecified atom stereocenters. The summed E-state index contributed by atoms with van der Waals surface area (Å²) in [7, 11) is 0. The Morgan fingerprint density at radius 2 is 2.24 bits per heavy atom. The molecule has 1 spiro atoms. The van der Waals surface area contributed by atoms with Gasteiger partial charge in [-0.25, -0.2) is 4.98 Å². The van der Waals surface area contributed by atoms with Crippen LogP contribution in [0.2, 0.25) is 0 Å². The number of hydrogen-bond acceptors (Lipinski definition) is 6. The van der Waals surface area contributed by atoms with Crippen LogP contribution in [0.1, 0.15) is 24.3 Å². The fourth-order valence-electron chi connectivity index (χ4n) is 4.21. The van der Waals surface area contributed by atoms with E-state index < -0.39 is 0 Å². The molecule has 0 aromatic carbocycles. The smallest absolute Gasteiger partial charge is 0.239 e. The van der Waals surface area contributed by atoms with Crippen molar-refractivity contribution in [2.24, 2.45) is 5.41 Å². The molecule has 3 fully saturated rings. The first-order chi connectivity index (χ1) is 12.2. The molecule has 1 saturated carbocycles. The van der Waals surface area contributed by atoms with Crippen molar-refractivity contribution in [2.45, 2.75) is 31.8 Å². The number of carbonyl (C=O) groups is 2. The molecule has 0 bridgehead atoms. The van der Waals surface area contributed by atoms with E-state index in [0.717, 1.165) is 24.6 Å². The van der Waals surface area contributed by atoms with Crippen LogP contribution in [0.4, 0.5) is 0 Å². The van der Waals surface area contributed by atoms with Gasteiger partial charge in [0, 0.05) is 30.7 Å². The highest BCUT2D eigenvalue weighted by Crippen LogP contribution is 2.56. The summed E-state index contributed by atoms with van der Waals surface area (Å²) in [6.45, 7) is 4.59. The number of thiazole rings is 1. The molecule has 25 heavy (non-hydrogen) atoms. The number of aromatic nitrogens is 1. The predicted octanol–water partition coefficient (Wildman–Crippen LogP) is 0.0456. The Kier molecular flexibility index (Phi) is 4.75. The van der Waals surface area contributed by atoms with Gasteiger partial charge in [0.1, 0.15) is 5.01 Å². The van der Waals surface area contributed by atoms with E-state index in [1.807, 2.05) is 11.6 Å². The first kappa shape index (κ1) is 16.9. The minimum Gasteiger partial charge on any atom is -0.353 e. The number of rotatable bonds is 5. The quantitative estimate of drug-likeness (QED) is 0.773. The Balaban J connectivity index is 1.44. The second-order valence-electron chi connectivity index (χ2n) is 7.33. The zero-order valence-corrected chi connectivity index (χ0v) is 15.2. The molecule has 0 radical (unpaired) electrons. The van der Waals surface area contributed by atoms with Crippen LogP contribution in [0.3, 0.4) is 0 Å². The fraction of sp³-hybridized carbons (Fsp3) is 0.706. The average molecular weight is 363 g/mol. The van der Waals surface area contributed by atoms with Crippen molar-refractivity contribution in [1.29, 1.82) is 0 Å². The molecule has 1 aliphatic carbocycles. The summed E-state index contributed by atoms with van der Waals surface area (Å²) < 4.78 is 0. The lowest BCUT2D eigenvalue weighted by molar-refractivity contribution is -0.139. The van der Waals surface area contributed by atoms with E-state index in [2.05, 4.69) is 20.5 Å². The summed E-state index contributed by atoms with van der Waals surface area (Å²) in [6, 6.07) is 0.459. The number of nitrogens with zero attached hydrogens (tertiary/aromatic N) is 3. The van der Waals surface area contributed by atoms with E-state index >= 15 is 0 Å². The molecular formula is C17H25N5O2S. The van der Waals surface area contributed by atoms with Gasteiger partial charge in [0.15, 0.2) is 0 Å². The van der Waals surface area contributed by atoms with Crippen molar-refractivity contribution in [3.8, 4) is 0 Å². The van der Waals surface area contributed by atoms with Crippen molar-refractivity contribution >= 4 is 23.2 Å². The molecule has 3 aliphatic rings. The van der Waals surface area contributed by atoms with Gasteiger partial charge in [-0.3, -0.25) is 14.5 Å². The number of piperidine rings is 1. The molecule has 8 heteroatoms. The summed E-state index contributed by atoms with van der Waals surface area (Å²) in [5, 5.41) is 9.25. The minimum absolute atomic E-state index is 0.0578. The Hall–Kier alpha value is -1.51. The standard InChI is InChI=1S/C17H25N5O2S/c23-14-10-21(7-5-19-14)16(24)12-22(11-15-20-6-8-25-15)13-9-17(13)1-3-18-4-2-17/h6,8,13,18H,1-5,7,9-12H2,(H,19,23). The summed E-state index contributed by atoms with van der Waals surface area (Å²) in [6.07, 6.45) is 5.37. The number of hydrogen-bond donors (Lipinski definition) is 2. The van der Waals surface area contributed by atoms with Crippen molar-refractivity contribution in [3.63, 3.8) is 0 Å². The van der Waals surface area contributed by atoms with Gasteiger partial charge < -0.3 is 15.5 Å². The molecule has 4 rings (SSSR count). The van der Waals surface area contributed by atoms with Crippen LogP contribution in [0.15, 0.2) is 11.6 Å². The minimum atomic E-state index is -0.0627. The summed E-state index contributed by atoms with van der Waals surface area (Å²) in [5.41, 5.74) is 0.377. The second-order valence-corrected chi connectivity index (χ2v) is 8.31. The maximum Gasteiger partial charge on any atom is 0.239 e. The molecule has 2 saturated heterocycles. The molecule has 7 nitrogen and oxygen atoms in total. The number of nitrogens with one attached hydrogen (secondary N) is 2. The van der Waals surface area contributed by atoms with E-state index in [9.17, 15) is 9.59 Å². The van der Waals surface area contributed by atoms with Crippen molar-refractivity contribution < 1.29 is 9.59 Å². The van der Waals surface area contributed by atoms with Gasteiger partial charge >= 0.3 is 0 Å². The fourth-order valence-corrected chi connectivity index (χ4v) is 4.85. The summed E-state index contributed by atoms with van der Waals surface area (Å²) in [5.74, 6) is -0.00490. The Bertz CT molecular complexity index is 629. The zero-order chi connectivity index (χ0) is 17.3. The molecule has 2 N–H and O–H groups in total. The van der Waals surface area contributed by atoms with Crippen LogP contribution in [0.5, 0.6) is 0 Å². The van der Waals surface area contributed by atoms with Crippen molar-refractivity contribution in [3.05, 3.63) is 16.6 Å². The van der Waals surface area contributed by atoms with Crippen molar-refractivity contribution in [1.82, 2.24) is 25.4 Å². The first-order valence-electron chi connectivity index (χ1n) is 9.04. The van der Waals surface area contributed by atoms with Crippen LogP contribution < -0.4 is 10.6 Å². The van der Waals surface area contributed by atoms with Crippen LogP contribution in [0.25, 0.3) is 0 Å². The average Bonchev–Trinajstić information content (AvgIpc) is 3.05. The lowest BCUT2D eigenvalue weighted by Gasteiger charge is -2.32. The maximum absolute atomic E-state index is 12.8. The van der Waals surface area contributed by atoms with Gasteiger partial charge in [0.05, 0.1) is 19.6 Å². The molecular weight excluding hydrogens is 338 g/mol. The van der Waals surface area contributed by atoms with Gasteiger partial charge in [-0.05, 0) is 37.8 Å². The second kappa shape index (κ2) is 7.01. The van der Waals surface area contributed by atoms with Crippen molar-refractivity contribution in [2.75, 3.05) is 39.3 Å². The molecule has 3 heterocycles. The molecule has 1 aromatic rings. The highest BCUT2D eigenvalue weighted by Gasteiger charge is 2.56. The SMILES string of the molecule is O=C1CN(C(=O)CN(Cc2nccs2)C2CC23CCNCC3)CCN1. The normalized spacial score (nSPS) is 25.2. The molecule has 2 amide bonds. The zero-order valence-electron chi connectivity index (χ0n) is 14.4. The molecule has 1 atom stereocenters. The van der Waals surface area contributed by atoms with Gasteiger partial charge in [-0.1, -0.05) is 0 Å². The lowest BCUT2D eigenvalue weighted by atomic mass is 9.93. The Morgan fingerprint density at radius 3 is 2.96 bits per heavy atom. The first-order valence-corrected chi connectivity index (χ1v) is 9.92. The van der Waals surface area contributed by atoms with Gasteiger partial charge in [-0.2, -0.15) is 0 Å². The van der Waals surface area contributed by atoms with E-state index in [-0.39, 0.29) is 18.4 Å². The molecule has 1 aromatic heterocycles. The molecule has 136 valence electrons. The third-order valence-corrected chi connectivity index (χ3v) is 6.50. The third-order valence-electron chi connectivity index (χ3n) is 5.74. The van der Waals surface area contributed by atoms with E-state index in [1.54, 1.807) is 16.2 Å². The van der Waals surface area contributed by atoms with Crippen LogP contribution in [-0.2, 0) is 16.1 Å². The summed E-state index contributed by atoms with van der Waals surface area (Å²) >= 11 is 1.64. The van der Waals surface area contributed by atoms with Crippen LogP contribution in [0, 0.1) is 5.41 Å². The monoisotopic (exact) mass is 363 g/mol. The summed E-state index contributed by atoms with van der Waals surface area (Å²) in [4.78, 5) is 32.7. The van der Waals surface area contributed by atoms with E-state index in [1.165, 1.54) is 19.3 Å². The maximum atomic E-state index is 12.8. The van der Waals surface area contributed by atoms with E-state index in [4.69, 9.17) is 0 Å². The highest BCUT2D eigenvalue weighted by atomic mass is 32.1. The van der Waals surface area contributed by atoms with Crippen LogP contribution >= 0.6 is 11.3 Å². The topological polar surface area (TPSA) is 77.6 Å².